The van der Waals surface area contributed by atoms with E-state index in [1.807, 2.05) is 0 Å². The highest BCUT2D eigenvalue weighted by atomic mass is 127. The second-order valence-electron chi connectivity index (χ2n) is 5.21. The van der Waals surface area contributed by atoms with Crippen molar-refractivity contribution < 1.29 is 5.11 Å². The summed E-state index contributed by atoms with van der Waals surface area (Å²) in [5.41, 5.74) is 1.50. The van der Waals surface area contributed by atoms with Gasteiger partial charge in [0.1, 0.15) is 0 Å². The molecule has 0 aliphatic heterocycles. The lowest BCUT2D eigenvalue weighted by Crippen LogP contribution is -2.11. The van der Waals surface area contributed by atoms with E-state index in [0.29, 0.717) is 5.92 Å². The smallest absolute Gasteiger partial charge is 0.0577 e. The quantitative estimate of drug-likeness (QED) is 0.351. The van der Waals surface area contributed by atoms with Crippen molar-refractivity contribution in [1.82, 2.24) is 3.11 Å². The summed E-state index contributed by atoms with van der Waals surface area (Å²) in [5, 5.41) is 9.81. The average molecular weight is 351 g/mol. The van der Waals surface area contributed by atoms with E-state index in [4.69, 9.17) is 0 Å². The first-order chi connectivity index (χ1) is 8.11. The van der Waals surface area contributed by atoms with Gasteiger partial charge in [0.05, 0.1) is 6.10 Å². The maximum atomic E-state index is 9.81. The van der Waals surface area contributed by atoms with Gasteiger partial charge in [-0.1, -0.05) is 25.0 Å². The van der Waals surface area contributed by atoms with Crippen LogP contribution in [-0.2, 0) is 0 Å². The fraction of sp³-hybridized carbons (Fsp3) is 0.857. The molecular formula is C14H26INO. The van der Waals surface area contributed by atoms with Crippen LogP contribution in [-0.4, -0.2) is 27.9 Å². The zero-order valence-electron chi connectivity index (χ0n) is 11.2. The van der Waals surface area contributed by atoms with Crippen molar-refractivity contribution in [2.45, 2.75) is 58.0 Å². The highest BCUT2D eigenvalue weighted by Crippen LogP contribution is 2.25. The van der Waals surface area contributed by atoms with Gasteiger partial charge < -0.3 is 5.11 Å². The van der Waals surface area contributed by atoms with Crippen LogP contribution in [0.1, 0.15) is 51.9 Å². The Bertz CT molecular complexity index is 240. The SMILES string of the molecule is CCC(/C=C1\CCCCC(O)C1)CCN(C)I. The van der Waals surface area contributed by atoms with Crippen molar-refractivity contribution >= 4 is 22.9 Å². The number of aliphatic hydroxyl groups is 1. The van der Waals surface area contributed by atoms with E-state index in [1.165, 1.54) is 37.7 Å². The number of aliphatic hydroxyl groups excluding tert-OH is 1. The molecule has 100 valence electrons. The maximum Gasteiger partial charge on any atom is 0.0577 e. The standard InChI is InChI=1S/C14H26INO/c1-3-12(8-9-16(2)15)10-13-6-4-5-7-14(17)11-13/h10,12,14,17H,3-9,11H2,1-2H3/b13-10+. The molecule has 0 aromatic heterocycles. The van der Waals surface area contributed by atoms with E-state index < -0.39 is 0 Å². The minimum atomic E-state index is -0.0893. The zero-order chi connectivity index (χ0) is 12.7. The zero-order valence-corrected chi connectivity index (χ0v) is 13.3. The minimum absolute atomic E-state index is 0.0893. The predicted molar refractivity (Wildman–Crippen MR) is 82.2 cm³/mol. The number of hydrogen-bond donors (Lipinski definition) is 1. The van der Waals surface area contributed by atoms with E-state index in [9.17, 15) is 5.11 Å². The third-order valence-electron chi connectivity index (χ3n) is 3.59. The van der Waals surface area contributed by atoms with E-state index >= 15 is 0 Å². The number of allylic oxidation sites excluding steroid dienone is 1. The van der Waals surface area contributed by atoms with Crippen LogP contribution in [0.5, 0.6) is 0 Å². The van der Waals surface area contributed by atoms with Crippen molar-refractivity contribution in [3.8, 4) is 0 Å². The van der Waals surface area contributed by atoms with Crippen LogP contribution in [0.3, 0.4) is 0 Å². The molecule has 0 radical (unpaired) electrons. The van der Waals surface area contributed by atoms with E-state index in [0.717, 1.165) is 19.4 Å². The molecule has 2 nitrogen and oxygen atoms in total. The summed E-state index contributed by atoms with van der Waals surface area (Å²) in [5.74, 6) is 0.688. The summed E-state index contributed by atoms with van der Waals surface area (Å²) < 4.78 is 2.22. The minimum Gasteiger partial charge on any atom is -0.393 e. The van der Waals surface area contributed by atoms with Crippen LogP contribution in [0.4, 0.5) is 0 Å². The Morgan fingerprint density at radius 1 is 1.53 bits per heavy atom. The molecule has 1 saturated carbocycles. The number of nitrogens with zero attached hydrogens (tertiary/aromatic N) is 1. The van der Waals surface area contributed by atoms with Crippen LogP contribution < -0.4 is 0 Å². The summed E-state index contributed by atoms with van der Waals surface area (Å²) in [6.45, 7) is 3.41. The van der Waals surface area contributed by atoms with Crippen molar-refractivity contribution in [3.63, 3.8) is 0 Å². The highest BCUT2D eigenvalue weighted by molar-refractivity contribution is 14.1. The van der Waals surface area contributed by atoms with Crippen LogP contribution in [0, 0.1) is 5.92 Å². The topological polar surface area (TPSA) is 23.5 Å². The number of halogens is 1. The van der Waals surface area contributed by atoms with Gasteiger partial charge in [-0.15, -0.1) is 0 Å². The molecule has 0 bridgehead atoms. The molecular weight excluding hydrogens is 325 g/mol. The van der Waals surface area contributed by atoms with Gasteiger partial charge in [0.25, 0.3) is 0 Å². The van der Waals surface area contributed by atoms with Crippen LogP contribution in [0.2, 0.25) is 0 Å². The summed E-state index contributed by atoms with van der Waals surface area (Å²) in [4.78, 5) is 0. The monoisotopic (exact) mass is 351 g/mol. The van der Waals surface area contributed by atoms with Gasteiger partial charge >= 0.3 is 0 Å². The Morgan fingerprint density at radius 3 is 2.94 bits per heavy atom. The van der Waals surface area contributed by atoms with Gasteiger partial charge in [-0.05, 0) is 51.5 Å². The normalized spacial score (nSPS) is 26.2. The van der Waals surface area contributed by atoms with Gasteiger partial charge in [0, 0.05) is 29.4 Å². The molecule has 0 spiro atoms. The van der Waals surface area contributed by atoms with Crippen molar-refractivity contribution in [1.29, 1.82) is 0 Å². The first-order valence-electron chi connectivity index (χ1n) is 6.86. The molecule has 17 heavy (non-hydrogen) atoms. The molecule has 3 heteroatoms. The van der Waals surface area contributed by atoms with Gasteiger partial charge in [-0.25, -0.2) is 0 Å². The average Bonchev–Trinajstić information content (AvgIpc) is 2.48. The molecule has 0 saturated heterocycles. The largest absolute Gasteiger partial charge is 0.393 e. The van der Waals surface area contributed by atoms with Crippen molar-refractivity contribution in [2.75, 3.05) is 13.6 Å². The molecule has 1 fully saturated rings. The van der Waals surface area contributed by atoms with Gasteiger partial charge in [-0.3, -0.25) is 3.11 Å². The Labute approximate surface area is 120 Å². The van der Waals surface area contributed by atoms with E-state index in [-0.39, 0.29) is 6.10 Å². The Hall–Kier alpha value is 0.390. The van der Waals surface area contributed by atoms with Gasteiger partial charge in [0.2, 0.25) is 0 Å². The first kappa shape index (κ1) is 15.4. The molecule has 1 aliphatic rings. The fourth-order valence-corrected chi connectivity index (χ4v) is 2.75. The number of rotatable bonds is 5. The van der Waals surface area contributed by atoms with Gasteiger partial charge in [-0.2, -0.15) is 0 Å². The molecule has 0 aromatic carbocycles. The molecule has 0 aromatic rings. The lowest BCUT2D eigenvalue weighted by Gasteiger charge is -2.16. The first-order valence-corrected chi connectivity index (χ1v) is 7.82. The molecule has 0 amide bonds. The summed E-state index contributed by atoms with van der Waals surface area (Å²) >= 11 is 2.35. The molecule has 1 aliphatic carbocycles. The van der Waals surface area contributed by atoms with E-state index in [2.05, 4.69) is 46.0 Å². The Balaban J connectivity index is 2.50. The fourth-order valence-electron chi connectivity index (χ4n) is 2.47. The van der Waals surface area contributed by atoms with Crippen molar-refractivity contribution in [3.05, 3.63) is 11.6 Å². The second kappa shape index (κ2) is 8.48. The Kier molecular flexibility index (Phi) is 7.71. The van der Waals surface area contributed by atoms with Crippen LogP contribution >= 0.6 is 22.9 Å². The molecule has 2 unspecified atom stereocenters. The molecule has 2 atom stereocenters. The van der Waals surface area contributed by atoms with Crippen LogP contribution in [0.25, 0.3) is 0 Å². The highest BCUT2D eigenvalue weighted by Gasteiger charge is 2.14. The number of hydrogen-bond acceptors (Lipinski definition) is 2. The summed E-state index contributed by atoms with van der Waals surface area (Å²) in [7, 11) is 2.12. The predicted octanol–water partition coefficient (Wildman–Crippen LogP) is 3.94. The Morgan fingerprint density at radius 2 is 2.29 bits per heavy atom. The third kappa shape index (κ3) is 6.77. The third-order valence-corrected chi connectivity index (χ3v) is 4.07. The summed E-state index contributed by atoms with van der Waals surface area (Å²) in [6, 6.07) is 0. The lowest BCUT2D eigenvalue weighted by molar-refractivity contribution is 0.166. The molecule has 1 rings (SSSR count). The molecule has 1 N–H and O–H groups in total. The van der Waals surface area contributed by atoms with Crippen LogP contribution in [0.15, 0.2) is 11.6 Å². The van der Waals surface area contributed by atoms with E-state index in [1.54, 1.807) is 0 Å². The second-order valence-corrected chi connectivity index (χ2v) is 6.86. The summed E-state index contributed by atoms with van der Waals surface area (Å²) in [6.07, 6.45) is 10.4. The molecule has 0 heterocycles. The lowest BCUT2D eigenvalue weighted by atomic mass is 9.95. The maximum absolute atomic E-state index is 9.81. The van der Waals surface area contributed by atoms with Gasteiger partial charge in [0.15, 0.2) is 0 Å². The van der Waals surface area contributed by atoms with Crippen molar-refractivity contribution in [2.24, 2.45) is 5.92 Å².